The van der Waals surface area contributed by atoms with Gasteiger partial charge >= 0.3 is 12.3 Å². The van der Waals surface area contributed by atoms with Crippen LogP contribution in [0.25, 0.3) is 10.6 Å². The minimum Gasteiger partial charge on any atom is -0.465 e. The first-order valence-corrected chi connectivity index (χ1v) is 6.11. The number of ether oxygens (including phenoxy) is 2. The molecule has 0 N–H and O–H groups in total. The second kappa shape index (κ2) is 5.49. The molecule has 0 unspecified atom stereocenters. The molecule has 2 rings (SSSR count). The van der Waals surface area contributed by atoms with Crippen molar-refractivity contribution in [1.29, 1.82) is 0 Å². The number of thiazole rings is 1. The van der Waals surface area contributed by atoms with Gasteiger partial charge in [-0.3, -0.25) is 0 Å². The maximum Gasteiger partial charge on any atom is 0.573 e. The monoisotopic (exact) mass is 303 g/mol. The number of hydrogen-bond acceptors (Lipinski definition) is 5. The molecular formula is C12H8F3NO3S. The van der Waals surface area contributed by atoms with Gasteiger partial charge in [0.05, 0.1) is 13.3 Å². The number of methoxy groups -OCH3 is 1. The summed E-state index contributed by atoms with van der Waals surface area (Å²) in [6.45, 7) is 0. The summed E-state index contributed by atoms with van der Waals surface area (Å²) in [6, 6.07) is 5.23. The van der Waals surface area contributed by atoms with Crippen molar-refractivity contribution in [3.63, 3.8) is 0 Å². The number of aromatic nitrogens is 1. The summed E-state index contributed by atoms with van der Waals surface area (Å²) >= 11 is 1.09. The smallest absolute Gasteiger partial charge is 0.465 e. The number of carbonyl (C=O) groups excluding carboxylic acids is 1. The van der Waals surface area contributed by atoms with Crippen LogP contribution in [-0.4, -0.2) is 24.4 Å². The zero-order valence-corrected chi connectivity index (χ0v) is 10.9. The molecule has 0 aliphatic heterocycles. The van der Waals surface area contributed by atoms with Gasteiger partial charge in [-0.15, -0.1) is 24.5 Å². The second-order valence-corrected chi connectivity index (χ2v) is 4.62. The average Bonchev–Trinajstić information content (AvgIpc) is 2.86. The van der Waals surface area contributed by atoms with Gasteiger partial charge < -0.3 is 9.47 Å². The number of esters is 1. The molecule has 0 saturated carbocycles. The molecule has 0 aliphatic carbocycles. The van der Waals surface area contributed by atoms with Crippen LogP contribution in [0.4, 0.5) is 13.2 Å². The molecule has 0 atom stereocenters. The Labute approximate surface area is 115 Å². The van der Waals surface area contributed by atoms with Crippen LogP contribution in [0.3, 0.4) is 0 Å². The number of hydrogen-bond donors (Lipinski definition) is 0. The first-order valence-electron chi connectivity index (χ1n) is 5.29. The van der Waals surface area contributed by atoms with Crippen LogP contribution in [0.5, 0.6) is 5.75 Å². The van der Waals surface area contributed by atoms with Gasteiger partial charge in [0.25, 0.3) is 0 Å². The fourth-order valence-corrected chi connectivity index (χ4v) is 2.24. The van der Waals surface area contributed by atoms with Crippen molar-refractivity contribution in [3.8, 4) is 16.3 Å². The molecular weight excluding hydrogens is 295 g/mol. The number of nitrogens with zero attached hydrogens (tertiary/aromatic N) is 1. The Kier molecular flexibility index (Phi) is 3.93. The number of halogens is 3. The Morgan fingerprint density at radius 2 is 1.90 bits per heavy atom. The van der Waals surface area contributed by atoms with Crippen LogP contribution in [0.2, 0.25) is 0 Å². The van der Waals surface area contributed by atoms with Crippen LogP contribution in [0.1, 0.15) is 9.67 Å². The molecule has 1 heterocycles. The molecule has 0 saturated heterocycles. The highest BCUT2D eigenvalue weighted by molar-refractivity contribution is 7.16. The SMILES string of the molecule is COC(=O)c1cnc(-c2ccc(OC(F)(F)F)cc2)s1. The van der Waals surface area contributed by atoms with E-state index in [4.69, 9.17) is 0 Å². The van der Waals surface area contributed by atoms with Crippen LogP contribution in [0.15, 0.2) is 30.5 Å². The van der Waals surface area contributed by atoms with E-state index in [1.54, 1.807) is 0 Å². The molecule has 0 bridgehead atoms. The Morgan fingerprint density at radius 1 is 1.25 bits per heavy atom. The Balaban J connectivity index is 2.18. The second-order valence-electron chi connectivity index (χ2n) is 3.59. The van der Waals surface area contributed by atoms with Crippen molar-refractivity contribution in [2.75, 3.05) is 7.11 Å². The molecule has 1 aromatic carbocycles. The molecule has 0 radical (unpaired) electrons. The zero-order chi connectivity index (χ0) is 14.8. The number of benzene rings is 1. The van der Waals surface area contributed by atoms with Gasteiger partial charge in [0, 0.05) is 5.56 Å². The predicted octanol–water partition coefficient (Wildman–Crippen LogP) is 3.50. The molecule has 20 heavy (non-hydrogen) atoms. The van der Waals surface area contributed by atoms with E-state index in [0.29, 0.717) is 15.4 Å². The van der Waals surface area contributed by atoms with Crippen molar-refractivity contribution >= 4 is 17.3 Å². The molecule has 0 aliphatic rings. The van der Waals surface area contributed by atoms with Crippen molar-refractivity contribution in [3.05, 3.63) is 35.3 Å². The van der Waals surface area contributed by atoms with Gasteiger partial charge in [0.1, 0.15) is 15.6 Å². The molecule has 8 heteroatoms. The van der Waals surface area contributed by atoms with Crippen molar-refractivity contribution in [2.45, 2.75) is 6.36 Å². The van der Waals surface area contributed by atoms with E-state index in [-0.39, 0.29) is 5.75 Å². The normalized spacial score (nSPS) is 11.2. The van der Waals surface area contributed by atoms with Gasteiger partial charge in [0.2, 0.25) is 0 Å². The van der Waals surface area contributed by atoms with E-state index in [1.807, 2.05) is 0 Å². The van der Waals surface area contributed by atoms with Gasteiger partial charge in [-0.05, 0) is 24.3 Å². The lowest BCUT2D eigenvalue weighted by Gasteiger charge is -2.08. The Morgan fingerprint density at radius 3 is 2.45 bits per heavy atom. The van der Waals surface area contributed by atoms with Crippen molar-refractivity contribution in [2.24, 2.45) is 0 Å². The standard InChI is InChI=1S/C12H8F3NO3S/c1-18-11(17)9-6-16-10(20-9)7-2-4-8(5-3-7)19-12(13,14)15/h2-6H,1H3. The predicted molar refractivity (Wildman–Crippen MR) is 65.6 cm³/mol. The van der Waals surface area contributed by atoms with E-state index >= 15 is 0 Å². The van der Waals surface area contributed by atoms with E-state index in [1.165, 1.54) is 37.6 Å². The highest BCUT2D eigenvalue weighted by Gasteiger charge is 2.31. The van der Waals surface area contributed by atoms with Crippen LogP contribution < -0.4 is 4.74 Å². The highest BCUT2D eigenvalue weighted by atomic mass is 32.1. The third-order valence-corrected chi connectivity index (χ3v) is 3.25. The first-order chi connectivity index (χ1) is 9.39. The summed E-state index contributed by atoms with van der Waals surface area (Å²) < 4.78 is 44.3. The van der Waals surface area contributed by atoms with Crippen LogP contribution >= 0.6 is 11.3 Å². The van der Waals surface area contributed by atoms with Gasteiger partial charge in [-0.1, -0.05) is 0 Å². The maximum absolute atomic E-state index is 12.0. The van der Waals surface area contributed by atoms with E-state index in [0.717, 1.165) is 11.3 Å². The van der Waals surface area contributed by atoms with Crippen molar-refractivity contribution in [1.82, 2.24) is 4.98 Å². The summed E-state index contributed by atoms with van der Waals surface area (Å²) in [4.78, 5) is 15.6. The minimum absolute atomic E-state index is 0.314. The fourth-order valence-electron chi connectivity index (χ4n) is 1.40. The summed E-state index contributed by atoms with van der Waals surface area (Å²) in [7, 11) is 1.25. The van der Waals surface area contributed by atoms with Gasteiger partial charge in [-0.25, -0.2) is 9.78 Å². The number of rotatable bonds is 3. The Hall–Kier alpha value is -2.09. The fraction of sp³-hybridized carbons (Fsp3) is 0.167. The molecule has 2 aromatic rings. The summed E-state index contributed by atoms with van der Waals surface area (Å²) in [5.41, 5.74) is 0.583. The lowest BCUT2D eigenvalue weighted by atomic mass is 10.2. The maximum atomic E-state index is 12.0. The number of alkyl halides is 3. The van der Waals surface area contributed by atoms with Crippen LogP contribution in [0, 0.1) is 0 Å². The third-order valence-electron chi connectivity index (χ3n) is 2.23. The van der Waals surface area contributed by atoms with Gasteiger partial charge in [0.15, 0.2) is 0 Å². The molecule has 0 fully saturated rings. The Bertz CT molecular complexity index is 607. The highest BCUT2D eigenvalue weighted by Crippen LogP contribution is 2.29. The van der Waals surface area contributed by atoms with E-state index in [9.17, 15) is 18.0 Å². The minimum atomic E-state index is -4.72. The largest absolute Gasteiger partial charge is 0.573 e. The van der Waals surface area contributed by atoms with E-state index in [2.05, 4.69) is 14.5 Å². The summed E-state index contributed by atoms with van der Waals surface area (Å²) in [5, 5.41) is 0.504. The van der Waals surface area contributed by atoms with E-state index < -0.39 is 12.3 Å². The molecule has 4 nitrogen and oxygen atoms in total. The molecule has 1 aromatic heterocycles. The topological polar surface area (TPSA) is 48.4 Å². The zero-order valence-electron chi connectivity index (χ0n) is 10.1. The first kappa shape index (κ1) is 14.3. The average molecular weight is 303 g/mol. The van der Waals surface area contributed by atoms with Crippen molar-refractivity contribution < 1.29 is 27.4 Å². The molecule has 0 amide bonds. The molecule has 0 spiro atoms. The van der Waals surface area contributed by atoms with Crippen LogP contribution in [-0.2, 0) is 4.74 Å². The summed E-state index contributed by atoms with van der Waals surface area (Å²) in [6.07, 6.45) is -3.37. The summed E-state index contributed by atoms with van der Waals surface area (Å²) in [5.74, 6) is -0.822. The lowest BCUT2D eigenvalue weighted by Crippen LogP contribution is -2.16. The quantitative estimate of drug-likeness (QED) is 0.814. The third kappa shape index (κ3) is 3.47. The lowest BCUT2D eigenvalue weighted by molar-refractivity contribution is -0.274. The van der Waals surface area contributed by atoms with Gasteiger partial charge in [-0.2, -0.15) is 0 Å². The molecule has 106 valence electrons. The number of carbonyl (C=O) groups is 1.